The van der Waals surface area contributed by atoms with E-state index in [4.69, 9.17) is 0 Å². The van der Waals surface area contributed by atoms with Crippen molar-refractivity contribution in [3.8, 4) is 0 Å². The van der Waals surface area contributed by atoms with Crippen LogP contribution < -0.4 is 0 Å². The van der Waals surface area contributed by atoms with Crippen LogP contribution in [0.15, 0.2) is 18.2 Å². The van der Waals surface area contributed by atoms with Gasteiger partial charge in [-0.3, -0.25) is 14.6 Å². The molecule has 2 heterocycles. The summed E-state index contributed by atoms with van der Waals surface area (Å²) >= 11 is 0. The maximum atomic E-state index is 13.3. The van der Waals surface area contributed by atoms with Crippen LogP contribution in [0.2, 0.25) is 0 Å². The van der Waals surface area contributed by atoms with Crippen molar-refractivity contribution in [2.24, 2.45) is 0 Å². The minimum Gasteiger partial charge on any atom is -0.339 e. The van der Waals surface area contributed by atoms with Gasteiger partial charge in [0.1, 0.15) is 11.6 Å². The van der Waals surface area contributed by atoms with E-state index in [1.165, 1.54) is 18.6 Å². The second-order valence-electron chi connectivity index (χ2n) is 7.22. The number of benzene rings is 1. The molecule has 0 saturated carbocycles. The minimum absolute atomic E-state index is 0.00589. The van der Waals surface area contributed by atoms with Crippen LogP contribution in [0.3, 0.4) is 0 Å². The van der Waals surface area contributed by atoms with Gasteiger partial charge in [-0.1, -0.05) is 12.8 Å². The number of nitrogens with zero attached hydrogens (tertiary/aromatic N) is 3. The SMILES string of the molecule is CN1CCCCC[C@@H]1C(=O)N1CCN(Cc2cc(F)cc(F)c2)CC1. The van der Waals surface area contributed by atoms with Crippen LogP contribution in [0.25, 0.3) is 0 Å². The van der Waals surface area contributed by atoms with Gasteiger partial charge in [-0.05, 0) is 44.1 Å². The van der Waals surface area contributed by atoms with Gasteiger partial charge in [0, 0.05) is 38.8 Å². The summed E-state index contributed by atoms with van der Waals surface area (Å²) < 4.78 is 26.6. The molecule has 25 heavy (non-hydrogen) atoms. The molecule has 0 radical (unpaired) electrons. The number of piperazine rings is 1. The normalized spacial score (nSPS) is 23.5. The molecule has 1 amide bonds. The average molecular weight is 351 g/mol. The molecule has 4 nitrogen and oxygen atoms in total. The van der Waals surface area contributed by atoms with Gasteiger partial charge < -0.3 is 4.90 Å². The lowest BCUT2D eigenvalue weighted by Gasteiger charge is -2.38. The van der Waals surface area contributed by atoms with Crippen LogP contribution in [-0.2, 0) is 11.3 Å². The molecule has 6 heteroatoms. The van der Waals surface area contributed by atoms with Gasteiger partial charge in [0.15, 0.2) is 0 Å². The Morgan fingerprint density at radius 1 is 1.00 bits per heavy atom. The van der Waals surface area contributed by atoms with E-state index in [-0.39, 0.29) is 11.9 Å². The Bertz CT molecular complexity index is 582. The second-order valence-corrected chi connectivity index (χ2v) is 7.22. The number of rotatable bonds is 3. The largest absolute Gasteiger partial charge is 0.339 e. The highest BCUT2D eigenvalue weighted by atomic mass is 19.1. The highest BCUT2D eigenvalue weighted by molar-refractivity contribution is 5.82. The van der Waals surface area contributed by atoms with Gasteiger partial charge in [0.05, 0.1) is 6.04 Å². The van der Waals surface area contributed by atoms with Gasteiger partial charge >= 0.3 is 0 Å². The molecular formula is C19H27F2N3O. The molecule has 0 spiro atoms. The molecule has 1 aromatic carbocycles. The minimum atomic E-state index is -0.541. The van der Waals surface area contributed by atoms with Gasteiger partial charge in [0.25, 0.3) is 0 Å². The number of hydrogen-bond donors (Lipinski definition) is 0. The lowest BCUT2D eigenvalue weighted by Crippen LogP contribution is -2.54. The van der Waals surface area contributed by atoms with E-state index in [1.807, 2.05) is 11.9 Å². The fourth-order valence-electron chi connectivity index (χ4n) is 3.86. The predicted octanol–water partition coefficient (Wildman–Crippen LogP) is 2.48. The number of carbonyl (C=O) groups is 1. The third-order valence-electron chi connectivity index (χ3n) is 5.32. The van der Waals surface area contributed by atoms with Crippen molar-refractivity contribution in [2.75, 3.05) is 39.8 Å². The quantitative estimate of drug-likeness (QED) is 0.837. The first kappa shape index (κ1) is 18.3. The summed E-state index contributed by atoms with van der Waals surface area (Å²) in [5.74, 6) is -0.846. The van der Waals surface area contributed by atoms with Crippen molar-refractivity contribution in [3.05, 3.63) is 35.4 Å². The summed E-state index contributed by atoms with van der Waals surface area (Å²) in [7, 11) is 2.04. The molecular weight excluding hydrogens is 324 g/mol. The van der Waals surface area contributed by atoms with Crippen molar-refractivity contribution in [3.63, 3.8) is 0 Å². The molecule has 2 saturated heterocycles. The van der Waals surface area contributed by atoms with Crippen LogP contribution >= 0.6 is 0 Å². The molecule has 0 aliphatic carbocycles. The van der Waals surface area contributed by atoms with Crippen LogP contribution in [0, 0.1) is 11.6 Å². The zero-order valence-electron chi connectivity index (χ0n) is 14.9. The molecule has 3 rings (SSSR count). The third-order valence-corrected chi connectivity index (χ3v) is 5.32. The molecule has 1 atom stereocenters. The van der Waals surface area contributed by atoms with E-state index < -0.39 is 11.6 Å². The maximum absolute atomic E-state index is 13.3. The lowest BCUT2D eigenvalue weighted by molar-refractivity contribution is -0.138. The Morgan fingerprint density at radius 3 is 2.36 bits per heavy atom. The van der Waals surface area contributed by atoms with E-state index in [1.54, 1.807) is 0 Å². The molecule has 0 unspecified atom stereocenters. The van der Waals surface area contributed by atoms with Crippen molar-refractivity contribution in [1.82, 2.24) is 14.7 Å². The number of likely N-dealkylation sites (tertiary alicyclic amines) is 1. The Kier molecular flexibility index (Phi) is 6.02. The molecule has 138 valence electrons. The van der Waals surface area contributed by atoms with Crippen molar-refractivity contribution in [1.29, 1.82) is 0 Å². The smallest absolute Gasteiger partial charge is 0.240 e. The van der Waals surface area contributed by atoms with E-state index in [2.05, 4.69) is 9.80 Å². The van der Waals surface area contributed by atoms with E-state index in [0.29, 0.717) is 25.2 Å². The fraction of sp³-hybridized carbons (Fsp3) is 0.632. The fourth-order valence-corrected chi connectivity index (χ4v) is 3.86. The number of amides is 1. The Hall–Kier alpha value is -1.53. The molecule has 2 aliphatic heterocycles. The first-order valence-electron chi connectivity index (χ1n) is 9.19. The summed E-state index contributed by atoms with van der Waals surface area (Å²) in [4.78, 5) is 19.1. The van der Waals surface area contributed by atoms with E-state index in [0.717, 1.165) is 45.0 Å². The number of hydrogen-bond acceptors (Lipinski definition) is 3. The molecule has 0 aromatic heterocycles. The second kappa shape index (κ2) is 8.23. The Balaban J connectivity index is 1.53. The summed E-state index contributed by atoms with van der Waals surface area (Å²) in [6.45, 7) is 4.34. The highest BCUT2D eigenvalue weighted by Gasteiger charge is 2.30. The summed E-state index contributed by atoms with van der Waals surface area (Å²) in [5.41, 5.74) is 0.640. The predicted molar refractivity (Wildman–Crippen MR) is 93.1 cm³/mol. The number of halogens is 2. The zero-order chi connectivity index (χ0) is 17.8. The molecule has 0 bridgehead atoms. The molecule has 0 N–H and O–H groups in total. The summed E-state index contributed by atoms with van der Waals surface area (Å²) in [6.07, 6.45) is 4.42. The van der Waals surface area contributed by atoms with Gasteiger partial charge in [-0.25, -0.2) is 8.78 Å². The maximum Gasteiger partial charge on any atom is 0.240 e. The topological polar surface area (TPSA) is 26.8 Å². The molecule has 1 aromatic rings. The van der Waals surface area contributed by atoms with Crippen molar-refractivity contribution < 1.29 is 13.6 Å². The third kappa shape index (κ3) is 4.76. The Labute approximate surface area is 148 Å². The number of carbonyl (C=O) groups excluding carboxylic acids is 1. The molecule has 2 fully saturated rings. The lowest BCUT2D eigenvalue weighted by atomic mass is 10.1. The van der Waals surface area contributed by atoms with Crippen LogP contribution in [0.1, 0.15) is 31.2 Å². The number of likely N-dealkylation sites (N-methyl/N-ethyl adjacent to an activating group) is 1. The van der Waals surface area contributed by atoms with Gasteiger partial charge in [0.2, 0.25) is 5.91 Å². The van der Waals surface area contributed by atoms with E-state index in [9.17, 15) is 13.6 Å². The monoisotopic (exact) mass is 351 g/mol. The van der Waals surface area contributed by atoms with E-state index >= 15 is 0 Å². The van der Waals surface area contributed by atoms with Crippen molar-refractivity contribution >= 4 is 5.91 Å². The highest BCUT2D eigenvalue weighted by Crippen LogP contribution is 2.19. The van der Waals surface area contributed by atoms with Gasteiger partial charge in [-0.15, -0.1) is 0 Å². The first-order chi connectivity index (χ1) is 12.0. The average Bonchev–Trinajstić information content (AvgIpc) is 2.78. The zero-order valence-corrected chi connectivity index (χ0v) is 14.9. The van der Waals surface area contributed by atoms with Crippen LogP contribution in [0.5, 0.6) is 0 Å². The standard InChI is InChI=1S/C19H27F2N3O/c1-22-6-4-2-3-5-18(22)19(25)24-9-7-23(8-10-24)14-15-11-16(20)13-17(21)12-15/h11-13,18H,2-10,14H2,1H3/t18-/m1/s1. The molecule has 2 aliphatic rings. The van der Waals surface area contributed by atoms with Gasteiger partial charge in [-0.2, -0.15) is 0 Å². The van der Waals surface area contributed by atoms with Crippen molar-refractivity contribution in [2.45, 2.75) is 38.3 Å². The first-order valence-corrected chi connectivity index (χ1v) is 9.19. The Morgan fingerprint density at radius 2 is 1.68 bits per heavy atom. The summed E-state index contributed by atoms with van der Waals surface area (Å²) in [6, 6.07) is 3.65. The van der Waals surface area contributed by atoms with Crippen LogP contribution in [-0.4, -0.2) is 66.4 Å². The summed E-state index contributed by atoms with van der Waals surface area (Å²) in [5, 5.41) is 0. The van der Waals surface area contributed by atoms with Crippen LogP contribution in [0.4, 0.5) is 8.78 Å².